The van der Waals surface area contributed by atoms with Crippen LogP contribution >= 0.6 is 23.4 Å². The molecule has 1 aliphatic rings. The molecule has 0 atom stereocenters. The molecule has 0 fully saturated rings. The van der Waals surface area contributed by atoms with Gasteiger partial charge in [0.15, 0.2) is 0 Å². The van der Waals surface area contributed by atoms with Crippen molar-refractivity contribution in [1.82, 2.24) is 9.88 Å². The summed E-state index contributed by atoms with van der Waals surface area (Å²) >= 11 is 7.71. The summed E-state index contributed by atoms with van der Waals surface area (Å²) in [6, 6.07) is 9.94. The van der Waals surface area contributed by atoms with E-state index in [1.807, 2.05) is 48.2 Å². The van der Waals surface area contributed by atoms with Crippen molar-refractivity contribution in [2.24, 2.45) is 0 Å². The Morgan fingerprint density at radius 1 is 1.00 bits per heavy atom. The fourth-order valence-electron chi connectivity index (χ4n) is 3.87. The van der Waals surface area contributed by atoms with Crippen LogP contribution in [0, 0.1) is 0 Å². The Balaban J connectivity index is 2.03. The molecule has 0 unspecified atom stereocenters. The predicted octanol–water partition coefficient (Wildman–Crippen LogP) is 5.25. The first-order chi connectivity index (χ1) is 14.2. The van der Waals surface area contributed by atoms with E-state index in [4.69, 9.17) is 16.6 Å². The molecule has 0 saturated heterocycles. The summed E-state index contributed by atoms with van der Waals surface area (Å²) < 4.78 is 0. The SMILES string of the molecule is C=C1c2c(nc(CC)c3c(=C)c(Sc4ccc(Cl)cc4)cc(=C)c23)N(C)C(=C)N1C. The second-order valence-electron chi connectivity index (χ2n) is 7.41. The number of pyridine rings is 1. The van der Waals surface area contributed by atoms with Gasteiger partial charge < -0.3 is 9.80 Å². The summed E-state index contributed by atoms with van der Waals surface area (Å²) in [7, 11) is 3.96. The van der Waals surface area contributed by atoms with Crippen molar-refractivity contribution in [3.63, 3.8) is 0 Å². The third-order valence-electron chi connectivity index (χ3n) is 5.64. The van der Waals surface area contributed by atoms with Crippen LogP contribution in [0.25, 0.3) is 29.6 Å². The topological polar surface area (TPSA) is 19.4 Å². The van der Waals surface area contributed by atoms with Crippen LogP contribution in [0.3, 0.4) is 0 Å². The van der Waals surface area contributed by atoms with Gasteiger partial charge in [-0.05, 0) is 47.2 Å². The Kier molecular flexibility index (Phi) is 5.16. The maximum absolute atomic E-state index is 6.04. The quantitative estimate of drug-likeness (QED) is 0.561. The van der Waals surface area contributed by atoms with Gasteiger partial charge in [-0.25, -0.2) is 4.98 Å². The van der Waals surface area contributed by atoms with Gasteiger partial charge in [0.1, 0.15) is 11.6 Å². The first-order valence-electron chi connectivity index (χ1n) is 9.71. The number of nitrogens with zero attached hydrogens (tertiary/aromatic N) is 3. The highest BCUT2D eigenvalue weighted by atomic mass is 35.5. The monoisotopic (exact) mass is 433 g/mol. The maximum Gasteiger partial charge on any atom is 0.144 e. The molecule has 152 valence electrons. The summed E-state index contributed by atoms with van der Waals surface area (Å²) in [5.41, 5.74) is 2.88. The van der Waals surface area contributed by atoms with E-state index in [1.54, 1.807) is 11.8 Å². The van der Waals surface area contributed by atoms with Crippen molar-refractivity contribution in [2.75, 3.05) is 19.0 Å². The Morgan fingerprint density at radius 3 is 2.30 bits per heavy atom. The third-order valence-corrected chi connectivity index (χ3v) is 6.98. The average Bonchev–Trinajstić information content (AvgIpc) is 2.74. The molecule has 5 heteroatoms. The molecule has 30 heavy (non-hydrogen) atoms. The first kappa shape index (κ1) is 20.6. The minimum absolute atomic E-state index is 0.725. The van der Waals surface area contributed by atoms with Gasteiger partial charge >= 0.3 is 0 Å². The lowest BCUT2D eigenvalue weighted by Crippen LogP contribution is -2.35. The van der Waals surface area contributed by atoms with Gasteiger partial charge in [-0.15, -0.1) is 0 Å². The van der Waals surface area contributed by atoms with Crippen molar-refractivity contribution < 1.29 is 0 Å². The number of hydrogen-bond donors (Lipinski definition) is 0. The Labute approximate surface area is 186 Å². The average molecular weight is 434 g/mol. The van der Waals surface area contributed by atoms with E-state index in [-0.39, 0.29) is 0 Å². The molecule has 0 aliphatic carbocycles. The van der Waals surface area contributed by atoms with Crippen molar-refractivity contribution in [1.29, 1.82) is 0 Å². The van der Waals surface area contributed by atoms with E-state index in [2.05, 4.69) is 39.3 Å². The number of aromatic nitrogens is 1. The van der Waals surface area contributed by atoms with Crippen LogP contribution in [0.5, 0.6) is 0 Å². The largest absolute Gasteiger partial charge is 0.331 e. The number of halogens is 1. The Bertz CT molecular complexity index is 1310. The van der Waals surface area contributed by atoms with Gasteiger partial charge in [-0.3, -0.25) is 0 Å². The van der Waals surface area contributed by atoms with Crippen molar-refractivity contribution in [2.45, 2.75) is 23.1 Å². The fraction of sp³-hybridized carbons (Fsp3) is 0.160. The number of benzene rings is 2. The zero-order valence-corrected chi connectivity index (χ0v) is 19.1. The third kappa shape index (κ3) is 3.11. The van der Waals surface area contributed by atoms with Crippen LogP contribution in [0.15, 0.2) is 59.1 Å². The number of rotatable bonds is 3. The van der Waals surface area contributed by atoms with E-state index in [1.165, 1.54) is 0 Å². The molecule has 3 aromatic rings. The molecule has 2 heterocycles. The lowest BCUT2D eigenvalue weighted by molar-refractivity contribution is 0.564. The van der Waals surface area contributed by atoms with Crippen molar-refractivity contribution in [3.05, 3.63) is 76.0 Å². The van der Waals surface area contributed by atoms with Gasteiger partial charge in [0, 0.05) is 50.9 Å². The smallest absolute Gasteiger partial charge is 0.144 e. The van der Waals surface area contributed by atoms with E-state index < -0.39 is 0 Å². The van der Waals surface area contributed by atoms with Crippen LogP contribution in [0.4, 0.5) is 5.82 Å². The minimum atomic E-state index is 0.725. The second-order valence-corrected chi connectivity index (χ2v) is 8.96. The zero-order valence-electron chi connectivity index (χ0n) is 17.6. The van der Waals surface area contributed by atoms with E-state index >= 15 is 0 Å². The molecule has 2 aromatic carbocycles. The lowest BCUT2D eigenvalue weighted by Gasteiger charge is -2.38. The summed E-state index contributed by atoms with van der Waals surface area (Å²) in [5, 5.41) is 4.77. The molecule has 0 amide bonds. The summed E-state index contributed by atoms with van der Waals surface area (Å²) in [6.07, 6.45) is 0.795. The Morgan fingerprint density at radius 2 is 1.67 bits per heavy atom. The molecule has 4 rings (SSSR count). The second kappa shape index (κ2) is 7.53. The molecule has 3 nitrogen and oxygen atoms in total. The lowest BCUT2D eigenvalue weighted by atomic mass is 9.96. The molecule has 0 saturated carbocycles. The van der Waals surface area contributed by atoms with Gasteiger partial charge in [0.25, 0.3) is 0 Å². The predicted molar refractivity (Wildman–Crippen MR) is 131 cm³/mol. The minimum Gasteiger partial charge on any atom is -0.331 e. The number of anilines is 1. The highest BCUT2D eigenvalue weighted by Gasteiger charge is 2.29. The van der Waals surface area contributed by atoms with Gasteiger partial charge in [0.05, 0.1) is 5.69 Å². The summed E-state index contributed by atoms with van der Waals surface area (Å²) in [5.74, 6) is 1.71. The summed E-state index contributed by atoms with van der Waals surface area (Å²) in [4.78, 5) is 11.2. The highest BCUT2D eigenvalue weighted by Crippen LogP contribution is 2.39. The summed E-state index contributed by atoms with van der Waals surface area (Å²) in [6.45, 7) is 19.5. The number of fused-ring (bicyclic) bond motifs is 3. The van der Waals surface area contributed by atoms with E-state index in [0.29, 0.717) is 0 Å². The van der Waals surface area contributed by atoms with Crippen molar-refractivity contribution >= 4 is 58.8 Å². The normalized spacial score (nSPS) is 13.9. The molecule has 1 aromatic heterocycles. The molecule has 0 N–H and O–H groups in total. The molecule has 0 spiro atoms. The van der Waals surface area contributed by atoms with Crippen LogP contribution in [0.1, 0.15) is 18.2 Å². The van der Waals surface area contributed by atoms with Crippen LogP contribution in [-0.2, 0) is 6.42 Å². The van der Waals surface area contributed by atoms with Crippen molar-refractivity contribution in [3.8, 4) is 0 Å². The molecular formula is C25H24ClN3S. The molecule has 1 aliphatic heterocycles. The van der Waals surface area contributed by atoms with E-state index in [0.717, 1.165) is 71.0 Å². The van der Waals surface area contributed by atoms with Crippen LogP contribution in [0.2, 0.25) is 5.02 Å². The Hall–Kier alpha value is -2.69. The zero-order chi connectivity index (χ0) is 21.7. The van der Waals surface area contributed by atoms with E-state index in [9.17, 15) is 0 Å². The van der Waals surface area contributed by atoms with Gasteiger partial charge in [0.2, 0.25) is 0 Å². The fourth-order valence-corrected chi connectivity index (χ4v) is 4.95. The first-order valence-corrected chi connectivity index (χ1v) is 10.9. The molecule has 0 bridgehead atoms. The maximum atomic E-state index is 6.04. The molecular weight excluding hydrogens is 410 g/mol. The highest BCUT2D eigenvalue weighted by molar-refractivity contribution is 7.99. The van der Waals surface area contributed by atoms with Gasteiger partial charge in [-0.2, -0.15) is 0 Å². The number of aryl methyl sites for hydroxylation is 1. The van der Waals surface area contributed by atoms with Crippen LogP contribution < -0.4 is 15.3 Å². The standard InChI is InChI=1S/C25H24ClN3S/c1-8-20-23-15(3)21(30-19-11-9-18(26)10-12-19)13-14(2)22(23)24-16(4)28(6)17(5)29(7)25(24)27-20/h9-13H,2-5,8H2,1,6-7H3. The number of hydrogen-bond acceptors (Lipinski definition) is 4. The van der Waals surface area contributed by atoms with Crippen LogP contribution in [-0.4, -0.2) is 24.0 Å². The molecule has 0 radical (unpaired) electrons. The van der Waals surface area contributed by atoms with Gasteiger partial charge in [-0.1, -0.05) is 56.6 Å².